The van der Waals surface area contributed by atoms with Crippen molar-refractivity contribution in [3.05, 3.63) is 0 Å². The molecule has 0 spiro atoms. The van der Waals surface area contributed by atoms with Gasteiger partial charge >= 0.3 is 15.6 Å². The highest BCUT2D eigenvalue weighted by atomic mass is 32.7. The van der Waals surface area contributed by atoms with Crippen molar-refractivity contribution in [1.82, 2.24) is 0 Å². The van der Waals surface area contributed by atoms with Gasteiger partial charge in [-0.05, 0) is 33.2 Å². The first-order chi connectivity index (χ1) is 29.9. The van der Waals surface area contributed by atoms with Crippen molar-refractivity contribution in [2.45, 2.75) is 172 Å². The van der Waals surface area contributed by atoms with Gasteiger partial charge in [0.15, 0.2) is 0 Å². The van der Waals surface area contributed by atoms with Gasteiger partial charge in [0.05, 0.1) is 51.8 Å². The summed E-state index contributed by atoms with van der Waals surface area (Å²) in [5.41, 5.74) is 0. The molecule has 0 bridgehead atoms. The van der Waals surface area contributed by atoms with Gasteiger partial charge in [0, 0.05) is 69.7 Å². The summed E-state index contributed by atoms with van der Waals surface area (Å²) >= 11 is 0. The van der Waals surface area contributed by atoms with Crippen LogP contribution in [0.4, 0.5) is 0 Å². The Kier molecular flexibility index (Phi) is 92.4. The first-order valence-electron chi connectivity index (χ1n) is 20.9. The van der Waals surface area contributed by atoms with Crippen molar-refractivity contribution in [2.24, 2.45) is 0 Å². The lowest BCUT2D eigenvalue weighted by Gasteiger charge is -2.27. The Balaban J connectivity index is -0.000000129. The monoisotopic (exact) mass is 1200 g/mol. The molecule has 0 aromatic heterocycles. The van der Waals surface area contributed by atoms with E-state index in [1.165, 1.54) is 35.6 Å². The quantitative estimate of drug-likeness (QED) is 0.101. The number of hydrogen-bond acceptors (Lipinski definition) is 13. The van der Waals surface area contributed by atoms with E-state index >= 15 is 0 Å². The van der Waals surface area contributed by atoms with Crippen LogP contribution in [0.3, 0.4) is 0 Å². The topological polar surface area (TPSA) is 136 Å². The zero-order valence-corrected chi connectivity index (χ0v) is 57.1. The van der Waals surface area contributed by atoms with Crippen LogP contribution in [0.25, 0.3) is 0 Å². The maximum atomic E-state index is 13.4. The molecule has 0 amide bonds. The lowest BCUT2D eigenvalue weighted by atomic mass is 9.16. The van der Waals surface area contributed by atoms with Crippen molar-refractivity contribution >= 4 is 164 Å². The highest BCUT2D eigenvalue weighted by Gasteiger charge is 2.46. The molecule has 33 heteroatoms. The van der Waals surface area contributed by atoms with E-state index < -0.39 is 70.7 Å². The van der Waals surface area contributed by atoms with Gasteiger partial charge in [-0.15, -0.1) is 71.4 Å². The average Bonchev–Trinajstić information content (AvgIpc) is 3.99. The molecule has 395 valence electrons. The highest BCUT2D eigenvalue weighted by molar-refractivity contribution is 8.66. The van der Waals surface area contributed by atoms with Crippen LogP contribution in [0.1, 0.15) is 117 Å². The third-order valence-electron chi connectivity index (χ3n) is 6.73. The molecule has 66 heavy (non-hydrogen) atoms. The van der Waals surface area contributed by atoms with Crippen LogP contribution in [-0.2, 0) is 60.0 Å². The standard InChI is InChI=1S/C19H33B6O13P2.6C2H6.2CH4.2H6P4.H5P3.H3P/c1-28-8-14-13(7-19(36-14)25(22)23)38-40(27,31-4)33-10-16-12(6-18(24-21)35-16)37-39(26,30-3)32-9-15-11(29-2)5-17(20)34-15;6*1-2;;;2*1-4(2)3;1-3-2;/h11-19H,5-10H2,1-4H3;6*1-2H3;2*1H4;2*1-3H2;3H,1-2H2;1H3/t11?,12?,13?,14-,15-,16-,17-,18-,19-,39?,40?;;;;;;;;;;;;/m1............/s1. The molecule has 0 aliphatic carbocycles. The number of phosphoric ester groups is 2. The highest BCUT2D eigenvalue weighted by Crippen LogP contribution is 2.60. The molecule has 3 saturated heterocycles. The normalized spacial score (nSPS) is 24.5. The second kappa shape index (κ2) is 64.9. The molecule has 0 aromatic carbocycles. The molecule has 9 radical (unpaired) electrons. The fourth-order valence-electron chi connectivity index (χ4n) is 4.60. The van der Waals surface area contributed by atoms with Gasteiger partial charge in [-0.25, -0.2) is 9.13 Å². The lowest BCUT2D eigenvalue weighted by molar-refractivity contribution is -0.0411. The summed E-state index contributed by atoms with van der Waals surface area (Å²) < 4.78 is 87.0. The predicted octanol–water partition coefficient (Wildman–Crippen LogP) is 12.1. The zero-order valence-electron chi connectivity index (χ0n) is 41.8. The van der Waals surface area contributed by atoms with Gasteiger partial charge in [-0.2, -0.15) is 9.90 Å². The second-order valence-electron chi connectivity index (χ2n) is 10.5. The van der Waals surface area contributed by atoms with Crippen molar-refractivity contribution in [1.29, 1.82) is 0 Å². The number of hydrogen-bond donors (Lipinski definition) is 0. The number of ether oxygens (including phenoxy) is 5. The predicted molar refractivity (Wildman–Crippen MR) is 340 cm³/mol. The van der Waals surface area contributed by atoms with Gasteiger partial charge in [0.25, 0.3) is 0 Å². The first kappa shape index (κ1) is 94.0. The van der Waals surface area contributed by atoms with Crippen LogP contribution in [0.15, 0.2) is 0 Å². The number of rotatable bonds is 17. The van der Waals surface area contributed by atoms with Crippen molar-refractivity contribution in [2.75, 3.05) is 48.3 Å². The molecule has 3 heterocycles. The van der Waals surface area contributed by atoms with E-state index in [-0.39, 0.29) is 77.5 Å². The van der Waals surface area contributed by atoms with E-state index in [9.17, 15) is 9.13 Å². The van der Waals surface area contributed by atoms with Crippen LogP contribution in [0.5, 0.6) is 0 Å². The molecule has 3 rings (SSSR count). The Labute approximate surface area is 441 Å². The lowest BCUT2D eigenvalue weighted by Crippen LogP contribution is -2.33. The summed E-state index contributed by atoms with van der Waals surface area (Å²) in [6.07, 6.45) is -3.17. The minimum absolute atomic E-state index is 0. The van der Waals surface area contributed by atoms with E-state index in [2.05, 4.69) is 71.4 Å². The van der Waals surface area contributed by atoms with E-state index in [1.807, 2.05) is 83.1 Å². The SMILES string of the molecule is C.C.CC.CC.CC.CC.CC.CC.P.PP(P)P.PP(P)P.PPP.[B][B][C@H]1CC(OP(=O)(OC)OC[C@H]2O[C@@H]([B])CC2OC)[C@@H](COP(=O)(OC)OC2C[C@H](B([B])[B])O[C@@H]2COC)O1. The van der Waals surface area contributed by atoms with Crippen LogP contribution in [0.2, 0.25) is 0 Å². The molecule has 3 fully saturated rings. The summed E-state index contributed by atoms with van der Waals surface area (Å²) in [5, 5.41) is 0. The average molecular weight is 1200 g/mol. The van der Waals surface area contributed by atoms with E-state index in [0.717, 1.165) is 7.96 Å². The smallest absolute Gasteiger partial charge is 0.382 e. The summed E-state index contributed by atoms with van der Waals surface area (Å²) in [7, 11) is 43.3. The summed E-state index contributed by atoms with van der Waals surface area (Å²) in [6.45, 7) is 23.1. The Bertz CT molecular complexity index is 1020. The molecule has 0 aromatic rings. The van der Waals surface area contributed by atoms with E-state index in [1.54, 1.807) is 0 Å². The molecular formula is C33H97B6O13P14. The van der Waals surface area contributed by atoms with Crippen molar-refractivity contribution in [3.63, 3.8) is 0 Å². The maximum Gasteiger partial charge on any atom is 0.474 e. The van der Waals surface area contributed by atoms with Crippen molar-refractivity contribution < 1.29 is 60.0 Å². The molecule has 3 aliphatic rings. The van der Waals surface area contributed by atoms with Crippen molar-refractivity contribution in [3.8, 4) is 0 Å². The Hall–Kier alpha value is 5.57. The Morgan fingerprint density at radius 2 is 0.970 bits per heavy atom. The summed E-state index contributed by atoms with van der Waals surface area (Å²) in [4.78, 5) is 0. The minimum atomic E-state index is -4.14. The molecule has 13 nitrogen and oxygen atoms in total. The van der Waals surface area contributed by atoms with Crippen LogP contribution in [0, 0.1) is 0 Å². The molecule has 14 unspecified atom stereocenters. The molecule has 0 saturated carbocycles. The summed E-state index contributed by atoms with van der Waals surface area (Å²) in [5.74, 6) is 0. The summed E-state index contributed by atoms with van der Waals surface area (Å²) in [6, 6.07) is -1.66. The van der Waals surface area contributed by atoms with Crippen LogP contribution in [-0.4, -0.2) is 148 Å². The fourth-order valence-corrected chi connectivity index (χ4v) is 6.88. The van der Waals surface area contributed by atoms with Gasteiger partial charge < -0.3 is 23.7 Å². The largest absolute Gasteiger partial charge is 0.474 e. The van der Waals surface area contributed by atoms with Crippen LogP contribution < -0.4 is 0 Å². The Morgan fingerprint density at radius 3 is 1.27 bits per heavy atom. The van der Waals surface area contributed by atoms with Gasteiger partial charge in [0.1, 0.15) is 26.2 Å². The van der Waals surface area contributed by atoms with Crippen LogP contribution >= 0.6 is 119 Å². The molecule has 0 N–H and O–H groups in total. The maximum absolute atomic E-state index is 13.4. The third-order valence-corrected chi connectivity index (χ3v) is 9.62. The Morgan fingerprint density at radius 1 is 0.636 bits per heavy atom. The van der Waals surface area contributed by atoms with Gasteiger partial charge in [-0.3, -0.25) is 27.1 Å². The fraction of sp³-hybridized carbons (Fsp3) is 1.00. The third kappa shape index (κ3) is 50.4. The van der Waals surface area contributed by atoms with E-state index in [4.69, 9.17) is 81.9 Å². The molecule has 20 atom stereocenters. The zero-order chi connectivity index (χ0) is 51.4. The minimum Gasteiger partial charge on any atom is -0.382 e. The van der Waals surface area contributed by atoms with E-state index in [0.29, 0.717) is 6.42 Å². The second-order valence-corrected chi connectivity index (χ2v) is 41.6. The first-order valence-corrected chi connectivity index (χ1v) is 40.8. The number of methoxy groups -OCH3 is 2. The van der Waals surface area contributed by atoms with Gasteiger partial charge in [-0.1, -0.05) is 106 Å². The molecule has 3 aliphatic heterocycles. The number of phosphoric acid groups is 2. The van der Waals surface area contributed by atoms with Gasteiger partial charge in [0.2, 0.25) is 0 Å². The molecular weight excluding hydrogens is 1100 g/mol.